The van der Waals surface area contributed by atoms with Gasteiger partial charge in [0, 0.05) is 12.1 Å². The molecule has 0 aromatic carbocycles. The quantitative estimate of drug-likeness (QED) is 0.340. The number of hydrogen-bond donors (Lipinski definition) is 0. The molecule has 0 N–H and O–H groups in total. The van der Waals surface area contributed by atoms with Gasteiger partial charge >= 0.3 is 5.97 Å². The maximum Gasteiger partial charge on any atom is 0.316 e. The number of hydrogen-bond acceptors (Lipinski definition) is 6. The van der Waals surface area contributed by atoms with E-state index in [1.807, 2.05) is 0 Å². The van der Waals surface area contributed by atoms with Gasteiger partial charge in [0.1, 0.15) is 11.9 Å². The van der Waals surface area contributed by atoms with Crippen molar-refractivity contribution < 1.29 is 22.7 Å². The van der Waals surface area contributed by atoms with Crippen molar-refractivity contribution in [2.75, 3.05) is 17.3 Å². The van der Waals surface area contributed by atoms with Gasteiger partial charge in [-0.3, -0.25) is 4.79 Å². The van der Waals surface area contributed by atoms with E-state index >= 15 is 0 Å². The molecule has 0 amide bonds. The Balaban J connectivity index is 1.81. The average Bonchev–Trinajstić information content (AvgIpc) is 2.67. The largest absolute Gasteiger partial charge is 0.618 e. The molecule has 1 aliphatic heterocycles. The molecule has 1 saturated heterocycles. The fourth-order valence-electron chi connectivity index (χ4n) is 1.73. The van der Waals surface area contributed by atoms with E-state index in [1.165, 1.54) is 6.20 Å². The summed E-state index contributed by atoms with van der Waals surface area (Å²) in [7, 11) is -3.05. The number of ether oxygens (including phenoxy) is 1. The minimum absolute atomic E-state index is 0.0111. The molecular formula is C11H13NO5S2. The minimum Gasteiger partial charge on any atom is -0.618 e. The lowest BCUT2D eigenvalue weighted by Crippen LogP contribution is -2.28. The Hall–Kier alpha value is -1.28. The summed E-state index contributed by atoms with van der Waals surface area (Å²) in [5.74, 6) is -0.549. The lowest BCUT2D eigenvalue weighted by atomic mass is 10.3. The number of thioether (sulfide) groups is 1. The summed E-state index contributed by atoms with van der Waals surface area (Å²) in [6, 6.07) is 4.90. The van der Waals surface area contributed by atoms with Crippen LogP contribution < -0.4 is 4.73 Å². The number of nitrogens with zero attached hydrogens (tertiary/aromatic N) is 1. The monoisotopic (exact) mass is 303 g/mol. The Morgan fingerprint density at radius 2 is 2.32 bits per heavy atom. The molecule has 104 valence electrons. The summed E-state index contributed by atoms with van der Waals surface area (Å²) in [6.45, 7) is 0. The Morgan fingerprint density at radius 3 is 2.95 bits per heavy atom. The average molecular weight is 303 g/mol. The number of esters is 1. The first-order chi connectivity index (χ1) is 8.96. The summed E-state index contributed by atoms with van der Waals surface area (Å²) in [5, 5.41) is 11.7. The standard InChI is InChI=1S/C11H13NO5S2/c13-11(17-9-4-6-19(15,16)8-9)7-18-10-3-1-2-5-12(10)14/h1-3,5,9H,4,6-8H2/t9-/m1/s1. The van der Waals surface area contributed by atoms with Gasteiger partial charge in [0.15, 0.2) is 16.0 Å². The van der Waals surface area contributed by atoms with Gasteiger partial charge in [-0.25, -0.2) is 8.42 Å². The third kappa shape index (κ3) is 4.10. The van der Waals surface area contributed by atoms with E-state index in [-0.39, 0.29) is 17.3 Å². The molecule has 0 aliphatic carbocycles. The van der Waals surface area contributed by atoms with Gasteiger partial charge in [-0.15, -0.1) is 0 Å². The molecule has 0 bridgehead atoms. The number of carbonyl (C=O) groups is 1. The van der Waals surface area contributed by atoms with Crippen LogP contribution in [0, 0.1) is 5.21 Å². The van der Waals surface area contributed by atoms with Crippen molar-refractivity contribution in [2.24, 2.45) is 0 Å². The molecule has 0 radical (unpaired) electrons. The van der Waals surface area contributed by atoms with Crippen LogP contribution in [-0.2, 0) is 19.4 Å². The lowest BCUT2D eigenvalue weighted by Gasteiger charge is -2.09. The Kier molecular flexibility index (Phi) is 4.31. The van der Waals surface area contributed by atoms with Gasteiger partial charge in [-0.05, 0) is 24.2 Å². The number of sulfone groups is 1. The predicted octanol–water partition coefficient (Wildman–Crippen LogP) is 0.142. The number of aromatic nitrogens is 1. The zero-order chi connectivity index (χ0) is 13.9. The fourth-order valence-corrected chi connectivity index (χ4v) is 4.02. The van der Waals surface area contributed by atoms with Crippen LogP contribution in [0.1, 0.15) is 6.42 Å². The highest BCUT2D eigenvalue weighted by atomic mass is 32.2. The summed E-state index contributed by atoms with van der Waals surface area (Å²) in [4.78, 5) is 11.5. The zero-order valence-electron chi connectivity index (χ0n) is 10.0. The highest BCUT2D eigenvalue weighted by Gasteiger charge is 2.30. The highest BCUT2D eigenvalue weighted by molar-refractivity contribution is 7.99. The number of pyridine rings is 1. The first kappa shape index (κ1) is 14.1. The second kappa shape index (κ2) is 5.79. The van der Waals surface area contributed by atoms with Crippen molar-refractivity contribution >= 4 is 27.6 Å². The van der Waals surface area contributed by atoms with E-state index in [0.717, 1.165) is 11.8 Å². The molecule has 1 aliphatic rings. The van der Waals surface area contributed by atoms with E-state index in [4.69, 9.17) is 4.74 Å². The van der Waals surface area contributed by atoms with E-state index in [2.05, 4.69) is 0 Å². The van der Waals surface area contributed by atoms with Crippen molar-refractivity contribution in [3.8, 4) is 0 Å². The summed E-state index contributed by atoms with van der Waals surface area (Å²) >= 11 is 1.06. The van der Waals surface area contributed by atoms with Gasteiger partial charge in [0.25, 0.3) is 5.03 Å². The van der Waals surface area contributed by atoms with Gasteiger partial charge in [-0.1, -0.05) is 0 Å². The SMILES string of the molecule is O=C(CSc1cccc[n+]1[O-])O[C@@H]1CCS(=O)(=O)C1. The van der Waals surface area contributed by atoms with E-state index < -0.39 is 21.9 Å². The van der Waals surface area contributed by atoms with Crippen molar-refractivity contribution in [3.05, 3.63) is 29.6 Å². The first-order valence-electron chi connectivity index (χ1n) is 5.67. The van der Waals surface area contributed by atoms with Crippen LogP contribution in [0.25, 0.3) is 0 Å². The minimum atomic E-state index is -3.05. The van der Waals surface area contributed by atoms with Crippen LogP contribution in [-0.4, -0.2) is 37.7 Å². The van der Waals surface area contributed by atoms with E-state index in [9.17, 15) is 18.4 Å². The van der Waals surface area contributed by atoms with Crippen LogP contribution >= 0.6 is 11.8 Å². The molecule has 1 atom stereocenters. The first-order valence-corrected chi connectivity index (χ1v) is 8.48. The summed E-state index contributed by atoms with van der Waals surface area (Å²) in [5.41, 5.74) is 0. The van der Waals surface area contributed by atoms with Crippen LogP contribution in [0.4, 0.5) is 0 Å². The van der Waals surface area contributed by atoms with E-state index in [1.54, 1.807) is 18.2 Å². The topological polar surface area (TPSA) is 87.4 Å². The number of rotatable bonds is 4. The van der Waals surface area contributed by atoms with Crippen LogP contribution in [0.5, 0.6) is 0 Å². The summed E-state index contributed by atoms with van der Waals surface area (Å²) < 4.78 is 28.1. The second-order valence-electron chi connectivity index (χ2n) is 4.17. The van der Waals surface area contributed by atoms with E-state index in [0.29, 0.717) is 16.2 Å². The van der Waals surface area contributed by atoms with Gasteiger partial charge in [0.2, 0.25) is 0 Å². The van der Waals surface area contributed by atoms with Gasteiger partial charge in [0.05, 0.1) is 11.5 Å². The third-order valence-corrected chi connectivity index (χ3v) is 5.34. The molecule has 0 spiro atoms. The summed E-state index contributed by atoms with van der Waals surface area (Å²) in [6.07, 6.45) is 1.15. The molecule has 1 aromatic rings. The van der Waals surface area contributed by atoms with Gasteiger partial charge in [-0.2, -0.15) is 4.73 Å². The van der Waals surface area contributed by atoms with Crippen LogP contribution in [0.3, 0.4) is 0 Å². The van der Waals surface area contributed by atoms with Crippen LogP contribution in [0.2, 0.25) is 0 Å². The fraction of sp³-hybridized carbons (Fsp3) is 0.455. The predicted molar refractivity (Wildman–Crippen MR) is 69.3 cm³/mol. The maximum absolute atomic E-state index is 11.5. The molecule has 1 aromatic heterocycles. The molecule has 2 heterocycles. The molecular weight excluding hydrogens is 290 g/mol. The molecule has 0 saturated carbocycles. The molecule has 1 fully saturated rings. The smallest absolute Gasteiger partial charge is 0.316 e. The highest BCUT2D eigenvalue weighted by Crippen LogP contribution is 2.17. The van der Waals surface area contributed by atoms with Crippen LogP contribution in [0.15, 0.2) is 29.4 Å². The van der Waals surface area contributed by atoms with Crippen molar-refractivity contribution in [1.29, 1.82) is 0 Å². The maximum atomic E-state index is 11.5. The number of carbonyl (C=O) groups excluding carboxylic acids is 1. The Bertz CT molecular complexity index is 572. The Labute approximate surface area is 115 Å². The third-order valence-electron chi connectivity index (χ3n) is 2.62. The zero-order valence-corrected chi connectivity index (χ0v) is 11.7. The van der Waals surface area contributed by atoms with Gasteiger partial charge < -0.3 is 9.94 Å². The lowest BCUT2D eigenvalue weighted by molar-refractivity contribution is -0.645. The molecule has 8 heteroatoms. The molecule has 19 heavy (non-hydrogen) atoms. The molecule has 0 unspecified atom stereocenters. The normalized spacial score (nSPS) is 21.2. The second-order valence-corrected chi connectivity index (χ2v) is 7.39. The van der Waals surface area contributed by atoms with Crippen molar-refractivity contribution in [3.63, 3.8) is 0 Å². The molecule has 2 rings (SSSR count). The van der Waals surface area contributed by atoms with Crippen molar-refractivity contribution in [2.45, 2.75) is 17.6 Å². The molecule has 6 nitrogen and oxygen atoms in total. The Morgan fingerprint density at radius 1 is 1.53 bits per heavy atom. The van der Waals surface area contributed by atoms with Crippen molar-refractivity contribution in [1.82, 2.24) is 0 Å².